The van der Waals surface area contributed by atoms with Crippen molar-refractivity contribution in [2.45, 2.75) is 26.2 Å². The molecule has 110 valence electrons. The second kappa shape index (κ2) is 6.84. The summed E-state index contributed by atoms with van der Waals surface area (Å²) in [5, 5.41) is 0. The summed E-state index contributed by atoms with van der Waals surface area (Å²) in [5.74, 6) is 0.424. The molecule has 2 unspecified atom stereocenters. The summed E-state index contributed by atoms with van der Waals surface area (Å²) in [6.07, 6.45) is 2.50. The van der Waals surface area contributed by atoms with Crippen molar-refractivity contribution in [2.24, 2.45) is 17.6 Å². The number of rotatable bonds is 5. The molecule has 1 fully saturated rings. The number of nitrogens with zero attached hydrogens (tertiary/aromatic N) is 1. The van der Waals surface area contributed by atoms with E-state index < -0.39 is 0 Å². The first-order valence-corrected chi connectivity index (χ1v) is 7.33. The lowest BCUT2D eigenvalue weighted by molar-refractivity contribution is -0.134. The van der Waals surface area contributed by atoms with Crippen LogP contribution in [0.1, 0.15) is 25.3 Å². The molecular weight excluding hydrogens is 255 g/mol. The fourth-order valence-electron chi connectivity index (χ4n) is 2.74. The Balaban J connectivity index is 1.82. The molecule has 20 heavy (non-hydrogen) atoms. The van der Waals surface area contributed by atoms with Crippen molar-refractivity contribution in [3.8, 4) is 0 Å². The monoisotopic (exact) mass is 278 g/mol. The van der Waals surface area contributed by atoms with Crippen LogP contribution in [0.15, 0.2) is 24.3 Å². The van der Waals surface area contributed by atoms with Crippen molar-refractivity contribution in [1.82, 2.24) is 4.90 Å². The van der Waals surface area contributed by atoms with Gasteiger partial charge in [-0.2, -0.15) is 0 Å². The molecule has 4 heteroatoms. The predicted molar refractivity (Wildman–Crippen MR) is 77.6 cm³/mol. The second-order valence-corrected chi connectivity index (χ2v) is 5.74. The van der Waals surface area contributed by atoms with Gasteiger partial charge in [-0.3, -0.25) is 4.79 Å². The quantitative estimate of drug-likeness (QED) is 0.897. The first-order valence-electron chi connectivity index (χ1n) is 7.33. The first-order chi connectivity index (χ1) is 9.60. The number of nitrogens with two attached hydrogens (primary N) is 1. The van der Waals surface area contributed by atoms with Crippen LogP contribution in [0.25, 0.3) is 0 Å². The average molecular weight is 278 g/mol. The fourth-order valence-corrected chi connectivity index (χ4v) is 2.74. The number of carbonyl (C=O) groups is 1. The summed E-state index contributed by atoms with van der Waals surface area (Å²) in [4.78, 5) is 14.2. The highest BCUT2D eigenvalue weighted by atomic mass is 19.1. The first kappa shape index (κ1) is 15.0. The molecule has 2 N–H and O–H groups in total. The van der Waals surface area contributed by atoms with Crippen LogP contribution in [-0.4, -0.2) is 30.4 Å². The highest BCUT2D eigenvalue weighted by Crippen LogP contribution is 2.19. The molecule has 0 spiro atoms. The summed E-state index contributed by atoms with van der Waals surface area (Å²) in [7, 11) is 0. The number of amides is 1. The molecule has 1 aromatic rings. The number of halogens is 1. The van der Waals surface area contributed by atoms with Crippen LogP contribution in [-0.2, 0) is 11.2 Å². The van der Waals surface area contributed by atoms with Gasteiger partial charge in [-0.1, -0.05) is 19.1 Å². The fraction of sp³-hybridized carbons (Fsp3) is 0.562. The van der Waals surface area contributed by atoms with Crippen LogP contribution >= 0.6 is 0 Å². The molecule has 0 saturated carbocycles. The Kier molecular flexibility index (Phi) is 5.12. The summed E-state index contributed by atoms with van der Waals surface area (Å²) in [6, 6.07) is 6.59. The van der Waals surface area contributed by atoms with Gasteiger partial charge in [-0.05, 0) is 49.4 Å². The molecule has 1 heterocycles. The topological polar surface area (TPSA) is 46.3 Å². The Hall–Kier alpha value is -1.42. The van der Waals surface area contributed by atoms with E-state index in [9.17, 15) is 9.18 Å². The van der Waals surface area contributed by atoms with E-state index in [0.717, 1.165) is 37.9 Å². The average Bonchev–Trinajstić information content (AvgIpc) is 2.93. The Morgan fingerprint density at radius 3 is 3.00 bits per heavy atom. The highest BCUT2D eigenvalue weighted by molar-refractivity contribution is 5.78. The summed E-state index contributed by atoms with van der Waals surface area (Å²) in [5.41, 5.74) is 6.60. The zero-order valence-electron chi connectivity index (χ0n) is 12.0. The smallest absolute Gasteiger partial charge is 0.225 e. The molecule has 1 saturated heterocycles. The van der Waals surface area contributed by atoms with Gasteiger partial charge in [0.1, 0.15) is 5.82 Å². The van der Waals surface area contributed by atoms with Gasteiger partial charge in [-0.25, -0.2) is 4.39 Å². The summed E-state index contributed by atoms with van der Waals surface area (Å²) >= 11 is 0. The minimum absolute atomic E-state index is 0.0187. The summed E-state index contributed by atoms with van der Waals surface area (Å²) < 4.78 is 13.1. The van der Waals surface area contributed by atoms with E-state index in [1.807, 2.05) is 17.9 Å². The second-order valence-electron chi connectivity index (χ2n) is 5.74. The lowest BCUT2D eigenvalue weighted by atomic mass is 10.00. The van der Waals surface area contributed by atoms with E-state index in [1.165, 1.54) is 12.1 Å². The molecule has 1 aliphatic heterocycles. The molecule has 0 bridgehead atoms. The van der Waals surface area contributed by atoms with Crippen LogP contribution in [0, 0.1) is 17.7 Å². The van der Waals surface area contributed by atoms with Gasteiger partial charge >= 0.3 is 0 Å². The van der Waals surface area contributed by atoms with E-state index in [2.05, 4.69) is 0 Å². The number of hydrogen-bond acceptors (Lipinski definition) is 2. The summed E-state index contributed by atoms with van der Waals surface area (Å²) in [6.45, 7) is 4.23. The van der Waals surface area contributed by atoms with Gasteiger partial charge in [0, 0.05) is 19.0 Å². The Labute approximate surface area is 120 Å². The maximum absolute atomic E-state index is 13.1. The van der Waals surface area contributed by atoms with Crippen molar-refractivity contribution >= 4 is 5.91 Å². The number of likely N-dealkylation sites (tertiary alicyclic amines) is 1. The molecular formula is C16H23FN2O. The lowest BCUT2D eigenvalue weighted by Gasteiger charge is -2.21. The van der Waals surface area contributed by atoms with E-state index in [-0.39, 0.29) is 17.6 Å². The van der Waals surface area contributed by atoms with Crippen molar-refractivity contribution < 1.29 is 9.18 Å². The van der Waals surface area contributed by atoms with Crippen molar-refractivity contribution in [1.29, 1.82) is 0 Å². The normalized spacial score (nSPS) is 20.1. The van der Waals surface area contributed by atoms with Gasteiger partial charge < -0.3 is 10.6 Å². The van der Waals surface area contributed by atoms with E-state index in [4.69, 9.17) is 5.73 Å². The Morgan fingerprint density at radius 1 is 1.55 bits per heavy atom. The number of benzene rings is 1. The van der Waals surface area contributed by atoms with Gasteiger partial charge in [-0.15, -0.1) is 0 Å². The lowest BCUT2D eigenvalue weighted by Crippen LogP contribution is -2.34. The van der Waals surface area contributed by atoms with Gasteiger partial charge in [0.15, 0.2) is 0 Å². The predicted octanol–water partition coefficient (Wildman–Crippen LogP) is 2.20. The van der Waals surface area contributed by atoms with Crippen molar-refractivity contribution in [3.05, 3.63) is 35.6 Å². The molecule has 0 aliphatic carbocycles. The van der Waals surface area contributed by atoms with Crippen LogP contribution in [0.4, 0.5) is 4.39 Å². The Morgan fingerprint density at radius 2 is 2.35 bits per heavy atom. The highest BCUT2D eigenvalue weighted by Gasteiger charge is 2.27. The molecule has 1 aliphatic rings. The van der Waals surface area contributed by atoms with Crippen molar-refractivity contribution in [2.75, 3.05) is 19.6 Å². The third-order valence-corrected chi connectivity index (χ3v) is 4.11. The zero-order chi connectivity index (χ0) is 14.5. The standard InChI is InChI=1S/C16H23FN2O/c1-12(5-6-13-3-2-4-15(17)9-13)16(20)19-8-7-14(10-18)11-19/h2-4,9,12,14H,5-8,10-11,18H2,1H3. The molecule has 1 aromatic carbocycles. The van der Waals surface area contributed by atoms with Gasteiger partial charge in [0.05, 0.1) is 0 Å². The van der Waals surface area contributed by atoms with Crippen LogP contribution in [0.3, 0.4) is 0 Å². The maximum Gasteiger partial charge on any atom is 0.225 e. The molecule has 2 atom stereocenters. The SMILES string of the molecule is CC(CCc1cccc(F)c1)C(=O)N1CCC(CN)C1. The molecule has 0 aromatic heterocycles. The zero-order valence-corrected chi connectivity index (χ0v) is 12.0. The number of carbonyl (C=O) groups excluding carboxylic acids is 1. The largest absolute Gasteiger partial charge is 0.342 e. The molecule has 3 nitrogen and oxygen atoms in total. The maximum atomic E-state index is 13.1. The third kappa shape index (κ3) is 3.79. The Bertz CT molecular complexity index is 464. The van der Waals surface area contributed by atoms with Crippen LogP contribution in [0.2, 0.25) is 0 Å². The molecule has 2 rings (SSSR count). The van der Waals surface area contributed by atoms with E-state index in [0.29, 0.717) is 12.5 Å². The van der Waals surface area contributed by atoms with Gasteiger partial charge in [0.25, 0.3) is 0 Å². The van der Waals surface area contributed by atoms with E-state index >= 15 is 0 Å². The molecule has 1 amide bonds. The van der Waals surface area contributed by atoms with Crippen LogP contribution in [0.5, 0.6) is 0 Å². The minimum atomic E-state index is -0.216. The van der Waals surface area contributed by atoms with Crippen molar-refractivity contribution in [3.63, 3.8) is 0 Å². The third-order valence-electron chi connectivity index (χ3n) is 4.11. The number of aryl methyl sites for hydroxylation is 1. The van der Waals surface area contributed by atoms with Crippen LogP contribution < -0.4 is 5.73 Å². The van der Waals surface area contributed by atoms with Gasteiger partial charge in [0.2, 0.25) is 5.91 Å². The molecule has 0 radical (unpaired) electrons. The van der Waals surface area contributed by atoms with E-state index in [1.54, 1.807) is 6.07 Å². The number of hydrogen-bond donors (Lipinski definition) is 1. The minimum Gasteiger partial charge on any atom is -0.342 e.